The highest BCUT2D eigenvalue weighted by molar-refractivity contribution is 5.98. The summed E-state index contributed by atoms with van der Waals surface area (Å²) in [6.45, 7) is 1.82. The summed E-state index contributed by atoms with van der Waals surface area (Å²) in [5.41, 5.74) is 8.51. The Hall–Kier alpha value is -1.62. The molecule has 20 heavy (non-hydrogen) atoms. The Morgan fingerprint density at radius 1 is 1.45 bits per heavy atom. The van der Waals surface area contributed by atoms with E-state index in [1.807, 2.05) is 13.1 Å². The molecule has 0 spiro atoms. The monoisotopic (exact) mass is 274 g/mol. The standard InChI is InChI=1S/C15H22N4O/c1-17-11-6-7-19(9-11)15-12(14(16)20)8-10-4-2-3-5-13(10)18-15/h8,11,17H,2-7,9H2,1H3,(H2,16,20). The number of primary amides is 1. The minimum atomic E-state index is -0.367. The van der Waals surface area contributed by atoms with E-state index in [4.69, 9.17) is 10.7 Å². The Balaban J connectivity index is 1.98. The van der Waals surface area contributed by atoms with Gasteiger partial charge in [-0.05, 0) is 50.8 Å². The Morgan fingerprint density at radius 2 is 2.25 bits per heavy atom. The largest absolute Gasteiger partial charge is 0.365 e. The van der Waals surface area contributed by atoms with E-state index in [0.29, 0.717) is 11.6 Å². The van der Waals surface area contributed by atoms with Crippen LogP contribution in [0.4, 0.5) is 5.82 Å². The van der Waals surface area contributed by atoms with Gasteiger partial charge in [0.05, 0.1) is 5.56 Å². The van der Waals surface area contributed by atoms with Crippen molar-refractivity contribution in [1.82, 2.24) is 10.3 Å². The summed E-state index contributed by atoms with van der Waals surface area (Å²) in [4.78, 5) is 18.7. The van der Waals surface area contributed by atoms with Crippen molar-refractivity contribution in [2.75, 3.05) is 25.0 Å². The maximum Gasteiger partial charge on any atom is 0.252 e. The van der Waals surface area contributed by atoms with Gasteiger partial charge in [0.1, 0.15) is 5.82 Å². The second-order valence-corrected chi connectivity index (χ2v) is 5.76. The SMILES string of the molecule is CNC1CCN(c2nc3c(cc2C(N)=O)CCCC3)C1. The molecule has 2 heterocycles. The molecule has 5 nitrogen and oxygen atoms in total. The maximum atomic E-state index is 11.8. The molecule has 1 aliphatic carbocycles. The van der Waals surface area contributed by atoms with Gasteiger partial charge < -0.3 is 16.0 Å². The van der Waals surface area contributed by atoms with E-state index in [2.05, 4.69) is 10.2 Å². The van der Waals surface area contributed by atoms with E-state index in [9.17, 15) is 4.79 Å². The lowest BCUT2D eigenvalue weighted by Gasteiger charge is -2.23. The van der Waals surface area contributed by atoms with E-state index >= 15 is 0 Å². The molecule has 2 aliphatic rings. The van der Waals surface area contributed by atoms with Crippen LogP contribution in [0, 0.1) is 0 Å². The second-order valence-electron chi connectivity index (χ2n) is 5.76. The molecule has 0 aromatic carbocycles. The number of carbonyl (C=O) groups excluding carboxylic acids is 1. The van der Waals surface area contributed by atoms with Crippen LogP contribution in [0.1, 0.15) is 40.9 Å². The van der Waals surface area contributed by atoms with E-state index in [1.165, 1.54) is 18.4 Å². The number of nitrogens with zero attached hydrogens (tertiary/aromatic N) is 2. The van der Waals surface area contributed by atoms with Crippen molar-refractivity contribution in [3.8, 4) is 0 Å². The third-order valence-electron chi connectivity index (χ3n) is 4.44. The Labute approximate surface area is 119 Å². The minimum absolute atomic E-state index is 0.367. The summed E-state index contributed by atoms with van der Waals surface area (Å²) in [5.74, 6) is 0.421. The van der Waals surface area contributed by atoms with E-state index in [1.54, 1.807) is 0 Å². The quantitative estimate of drug-likeness (QED) is 0.857. The molecule has 1 aromatic heterocycles. The van der Waals surface area contributed by atoms with Gasteiger partial charge >= 0.3 is 0 Å². The summed E-state index contributed by atoms with van der Waals surface area (Å²) in [6.07, 6.45) is 5.48. The summed E-state index contributed by atoms with van der Waals surface area (Å²) in [7, 11) is 1.98. The van der Waals surface area contributed by atoms with Gasteiger partial charge in [-0.1, -0.05) is 0 Å². The van der Waals surface area contributed by atoms with Crippen molar-refractivity contribution < 1.29 is 4.79 Å². The summed E-state index contributed by atoms with van der Waals surface area (Å²) in [6, 6.07) is 2.44. The maximum absolute atomic E-state index is 11.8. The lowest BCUT2D eigenvalue weighted by molar-refractivity contribution is 0.100. The van der Waals surface area contributed by atoms with Crippen LogP contribution in [-0.2, 0) is 12.8 Å². The molecule has 1 fully saturated rings. The number of carbonyl (C=O) groups is 1. The number of likely N-dealkylation sites (N-methyl/N-ethyl adjacent to an activating group) is 1. The number of nitrogens with one attached hydrogen (secondary N) is 1. The predicted octanol–water partition coefficient (Wildman–Crippen LogP) is 0.857. The third kappa shape index (κ3) is 2.38. The fraction of sp³-hybridized carbons (Fsp3) is 0.600. The van der Waals surface area contributed by atoms with Gasteiger partial charge in [0, 0.05) is 24.8 Å². The average Bonchev–Trinajstić information content (AvgIpc) is 2.94. The van der Waals surface area contributed by atoms with Gasteiger partial charge in [0.15, 0.2) is 0 Å². The van der Waals surface area contributed by atoms with E-state index < -0.39 is 0 Å². The fourth-order valence-corrected chi connectivity index (χ4v) is 3.23. The molecule has 0 bridgehead atoms. The van der Waals surface area contributed by atoms with Crippen LogP contribution >= 0.6 is 0 Å². The summed E-state index contributed by atoms with van der Waals surface area (Å²) >= 11 is 0. The van der Waals surface area contributed by atoms with E-state index in [-0.39, 0.29) is 5.91 Å². The van der Waals surface area contributed by atoms with Crippen LogP contribution in [0.25, 0.3) is 0 Å². The van der Waals surface area contributed by atoms with Gasteiger partial charge in [-0.25, -0.2) is 4.98 Å². The Morgan fingerprint density at radius 3 is 2.95 bits per heavy atom. The number of aryl methyl sites for hydroxylation is 2. The third-order valence-corrected chi connectivity index (χ3v) is 4.44. The highest BCUT2D eigenvalue weighted by Gasteiger charge is 2.27. The molecule has 5 heteroatoms. The van der Waals surface area contributed by atoms with Gasteiger partial charge in [0.2, 0.25) is 0 Å². The van der Waals surface area contributed by atoms with Gasteiger partial charge in [0.25, 0.3) is 5.91 Å². The van der Waals surface area contributed by atoms with Crippen molar-refractivity contribution in [2.24, 2.45) is 5.73 Å². The number of aromatic nitrogens is 1. The van der Waals surface area contributed by atoms with Crippen LogP contribution < -0.4 is 16.0 Å². The molecule has 1 amide bonds. The number of pyridine rings is 1. The number of amides is 1. The topological polar surface area (TPSA) is 71.2 Å². The molecule has 1 aromatic rings. The number of fused-ring (bicyclic) bond motifs is 1. The summed E-state index contributed by atoms with van der Waals surface area (Å²) in [5, 5.41) is 3.29. The van der Waals surface area contributed by atoms with Gasteiger partial charge in [-0.3, -0.25) is 4.79 Å². The Bertz CT molecular complexity index is 529. The molecular weight excluding hydrogens is 252 g/mol. The van der Waals surface area contributed by atoms with Crippen molar-refractivity contribution in [1.29, 1.82) is 0 Å². The zero-order valence-electron chi connectivity index (χ0n) is 12.0. The molecule has 0 saturated carbocycles. The van der Waals surface area contributed by atoms with E-state index in [0.717, 1.165) is 43.9 Å². The number of anilines is 1. The molecule has 1 saturated heterocycles. The molecule has 1 aliphatic heterocycles. The first kappa shape index (κ1) is 13.4. The van der Waals surface area contributed by atoms with Crippen molar-refractivity contribution >= 4 is 11.7 Å². The first-order valence-electron chi connectivity index (χ1n) is 7.44. The lowest BCUT2D eigenvalue weighted by Crippen LogP contribution is -2.31. The van der Waals surface area contributed by atoms with Gasteiger partial charge in [-0.2, -0.15) is 0 Å². The molecule has 3 N–H and O–H groups in total. The normalized spacial score (nSPS) is 21.9. The number of hydrogen-bond acceptors (Lipinski definition) is 4. The average molecular weight is 274 g/mol. The number of rotatable bonds is 3. The molecule has 108 valence electrons. The zero-order valence-corrected chi connectivity index (χ0v) is 12.0. The smallest absolute Gasteiger partial charge is 0.252 e. The molecule has 1 unspecified atom stereocenters. The lowest BCUT2D eigenvalue weighted by atomic mass is 9.94. The Kier molecular flexibility index (Phi) is 3.61. The van der Waals surface area contributed by atoms with Crippen LogP contribution in [-0.4, -0.2) is 37.1 Å². The van der Waals surface area contributed by atoms with Crippen molar-refractivity contribution in [2.45, 2.75) is 38.1 Å². The second kappa shape index (κ2) is 5.40. The van der Waals surface area contributed by atoms with Crippen LogP contribution in [0.3, 0.4) is 0 Å². The number of hydrogen-bond donors (Lipinski definition) is 2. The fourth-order valence-electron chi connectivity index (χ4n) is 3.23. The predicted molar refractivity (Wildman–Crippen MR) is 79.1 cm³/mol. The van der Waals surface area contributed by atoms with Gasteiger partial charge in [-0.15, -0.1) is 0 Å². The minimum Gasteiger partial charge on any atom is -0.365 e. The van der Waals surface area contributed by atoms with Crippen LogP contribution in [0.5, 0.6) is 0 Å². The van der Waals surface area contributed by atoms with Crippen molar-refractivity contribution in [3.05, 3.63) is 22.9 Å². The molecule has 0 radical (unpaired) electrons. The molecule has 1 atom stereocenters. The molecular formula is C15H22N4O. The molecule has 3 rings (SSSR count). The highest BCUT2D eigenvalue weighted by atomic mass is 16.1. The van der Waals surface area contributed by atoms with Crippen molar-refractivity contribution in [3.63, 3.8) is 0 Å². The zero-order chi connectivity index (χ0) is 14.1. The van der Waals surface area contributed by atoms with Crippen LogP contribution in [0.15, 0.2) is 6.07 Å². The highest BCUT2D eigenvalue weighted by Crippen LogP contribution is 2.28. The number of nitrogens with two attached hydrogens (primary N) is 1. The first-order valence-corrected chi connectivity index (χ1v) is 7.44. The van der Waals surface area contributed by atoms with Crippen LogP contribution in [0.2, 0.25) is 0 Å². The summed E-state index contributed by atoms with van der Waals surface area (Å²) < 4.78 is 0. The first-order chi connectivity index (χ1) is 9.69.